The highest BCUT2D eigenvalue weighted by molar-refractivity contribution is 6.00. The van der Waals surface area contributed by atoms with E-state index >= 15 is 0 Å². The van der Waals surface area contributed by atoms with Gasteiger partial charge < -0.3 is 10.2 Å². The zero-order valence-corrected chi connectivity index (χ0v) is 17.4. The number of amides is 1. The Morgan fingerprint density at radius 3 is 2.45 bits per heavy atom. The monoisotopic (exact) mass is 388 g/mol. The molecule has 5 heteroatoms. The lowest BCUT2D eigenvalue weighted by Gasteiger charge is -2.29. The molecular weight excluding hydrogens is 360 g/mol. The SMILES string of the molecule is Cc1ccc(-c2nn(-c3ccccc3)cc2C(=O)NC2CCN(C)CC2)cc1C. The fourth-order valence-corrected chi connectivity index (χ4v) is 3.77. The summed E-state index contributed by atoms with van der Waals surface area (Å²) in [6, 6.07) is 16.4. The Morgan fingerprint density at radius 1 is 1.03 bits per heavy atom. The van der Waals surface area contributed by atoms with Crippen LogP contribution in [0.5, 0.6) is 0 Å². The molecule has 0 spiro atoms. The van der Waals surface area contributed by atoms with Crippen molar-refractivity contribution >= 4 is 5.91 Å². The van der Waals surface area contributed by atoms with Crippen LogP contribution in [-0.4, -0.2) is 46.8 Å². The third kappa shape index (κ3) is 4.25. The number of nitrogens with zero attached hydrogens (tertiary/aromatic N) is 3. The molecule has 150 valence electrons. The van der Waals surface area contributed by atoms with Crippen molar-refractivity contribution in [3.8, 4) is 16.9 Å². The average molecular weight is 389 g/mol. The first-order chi connectivity index (χ1) is 14.0. The van der Waals surface area contributed by atoms with Gasteiger partial charge >= 0.3 is 0 Å². The van der Waals surface area contributed by atoms with Gasteiger partial charge in [-0.3, -0.25) is 4.79 Å². The molecule has 0 bridgehead atoms. The molecular formula is C24H28N4O. The highest BCUT2D eigenvalue weighted by atomic mass is 16.1. The summed E-state index contributed by atoms with van der Waals surface area (Å²) in [7, 11) is 2.12. The lowest BCUT2D eigenvalue weighted by Crippen LogP contribution is -2.43. The van der Waals surface area contributed by atoms with Crippen molar-refractivity contribution < 1.29 is 4.79 Å². The minimum Gasteiger partial charge on any atom is -0.349 e. The highest BCUT2D eigenvalue weighted by Crippen LogP contribution is 2.26. The number of rotatable bonds is 4. The summed E-state index contributed by atoms with van der Waals surface area (Å²) >= 11 is 0. The number of likely N-dealkylation sites (tertiary alicyclic amines) is 1. The first-order valence-corrected chi connectivity index (χ1v) is 10.2. The highest BCUT2D eigenvalue weighted by Gasteiger charge is 2.23. The Morgan fingerprint density at radius 2 is 1.76 bits per heavy atom. The van der Waals surface area contributed by atoms with Crippen LogP contribution in [0.25, 0.3) is 16.9 Å². The van der Waals surface area contributed by atoms with E-state index in [1.807, 2.05) is 42.6 Å². The Bertz CT molecular complexity index is 1000. The van der Waals surface area contributed by atoms with E-state index in [1.165, 1.54) is 11.1 Å². The van der Waals surface area contributed by atoms with Crippen molar-refractivity contribution in [1.82, 2.24) is 20.0 Å². The van der Waals surface area contributed by atoms with E-state index < -0.39 is 0 Å². The number of carbonyl (C=O) groups is 1. The second-order valence-electron chi connectivity index (χ2n) is 8.02. The average Bonchev–Trinajstić information content (AvgIpc) is 3.18. The van der Waals surface area contributed by atoms with Crippen LogP contribution in [-0.2, 0) is 0 Å². The standard InChI is InChI=1S/C24H28N4O/c1-17-9-10-19(15-18(17)2)23-22(16-28(26-23)21-7-5-4-6-8-21)24(29)25-20-11-13-27(3)14-12-20/h4-10,15-16,20H,11-14H2,1-3H3,(H,25,29). The lowest BCUT2D eigenvalue weighted by molar-refractivity contribution is 0.0917. The summed E-state index contributed by atoms with van der Waals surface area (Å²) in [6.07, 6.45) is 3.81. The zero-order valence-electron chi connectivity index (χ0n) is 17.4. The molecule has 1 amide bonds. The van der Waals surface area contributed by atoms with Crippen LogP contribution in [0, 0.1) is 13.8 Å². The van der Waals surface area contributed by atoms with Crippen molar-refractivity contribution in [3.05, 3.63) is 71.4 Å². The molecule has 0 radical (unpaired) electrons. The van der Waals surface area contributed by atoms with Gasteiger partial charge in [-0.05, 0) is 76.2 Å². The number of hydrogen-bond donors (Lipinski definition) is 1. The third-order valence-corrected chi connectivity index (χ3v) is 5.81. The molecule has 5 nitrogen and oxygen atoms in total. The molecule has 1 N–H and O–H groups in total. The molecule has 1 aliphatic heterocycles. The summed E-state index contributed by atoms with van der Waals surface area (Å²) in [6.45, 7) is 6.21. The van der Waals surface area contributed by atoms with Gasteiger partial charge in [-0.2, -0.15) is 5.10 Å². The van der Waals surface area contributed by atoms with Crippen LogP contribution in [0.1, 0.15) is 34.3 Å². The quantitative estimate of drug-likeness (QED) is 0.735. The molecule has 2 heterocycles. The minimum absolute atomic E-state index is 0.0463. The molecule has 2 aromatic carbocycles. The predicted molar refractivity (Wildman–Crippen MR) is 116 cm³/mol. The Kier molecular flexibility index (Phi) is 5.49. The molecule has 29 heavy (non-hydrogen) atoms. The third-order valence-electron chi connectivity index (χ3n) is 5.81. The predicted octanol–water partition coefficient (Wildman–Crippen LogP) is 3.98. The van der Waals surface area contributed by atoms with Crippen LogP contribution in [0.2, 0.25) is 0 Å². The first-order valence-electron chi connectivity index (χ1n) is 10.2. The summed E-state index contributed by atoms with van der Waals surface area (Å²) in [5, 5.41) is 8.03. The fourth-order valence-electron chi connectivity index (χ4n) is 3.77. The van der Waals surface area contributed by atoms with Gasteiger partial charge in [0.1, 0.15) is 5.69 Å². The number of hydrogen-bond acceptors (Lipinski definition) is 3. The maximum Gasteiger partial charge on any atom is 0.255 e. The Balaban J connectivity index is 1.69. The molecule has 0 saturated carbocycles. The van der Waals surface area contributed by atoms with Gasteiger partial charge in [0, 0.05) is 17.8 Å². The van der Waals surface area contributed by atoms with E-state index in [-0.39, 0.29) is 11.9 Å². The van der Waals surface area contributed by atoms with E-state index in [0.717, 1.165) is 42.9 Å². The lowest BCUT2D eigenvalue weighted by atomic mass is 10.0. The van der Waals surface area contributed by atoms with Crippen LogP contribution in [0.15, 0.2) is 54.7 Å². The first kappa shape index (κ1) is 19.4. The summed E-state index contributed by atoms with van der Waals surface area (Å²) in [5.74, 6) is -0.0463. The van der Waals surface area contributed by atoms with Crippen molar-refractivity contribution in [3.63, 3.8) is 0 Å². The fraction of sp³-hybridized carbons (Fsp3) is 0.333. The summed E-state index contributed by atoms with van der Waals surface area (Å²) in [4.78, 5) is 15.5. The maximum absolute atomic E-state index is 13.2. The van der Waals surface area contributed by atoms with E-state index in [0.29, 0.717) is 5.56 Å². The van der Waals surface area contributed by atoms with Crippen LogP contribution < -0.4 is 5.32 Å². The molecule has 0 atom stereocenters. The molecule has 1 aliphatic rings. The normalized spacial score (nSPS) is 15.4. The van der Waals surface area contributed by atoms with Gasteiger partial charge in [-0.25, -0.2) is 4.68 Å². The van der Waals surface area contributed by atoms with Gasteiger partial charge in [0.15, 0.2) is 0 Å². The molecule has 1 fully saturated rings. The zero-order chi connectivity index (χ0) is 20.4. The molecule has 3 aromatic rings. The topological polar surface area (TPSA) is 50.2 Å². The number of piperidine rings is 1. The molecule has 4 rings (SSSR count). The largest absolute Gasteiger partial charge is 0.349 e. The van der Waals surface area contributed by atoms with Crippen LogP contribution >= 0.6 is 0 Å². The van der Waals surface area contributed by atoms with E-state index in [4.69, 9.17) is 5.10 Å². The number of benzene rings is 2. The van der Waals surface area contributed by atoms with Gasteiger partial charge in [-0.15, -0.1) is 0 Å². The van der Waals surface area contributed by atoms with Gasteiger partial charge in [0.25, 0.3) is 5.91 Å². The number of para-hydroxylation sites is 1. The summed E-state index contributed by atoms with van der Waals surface area (Å²) < 4.78 is 1.80. The van der Waals surface area contributed by atoms with E-state index in [9.17, 15) is 4.79 Å². The van der Waals surface area contributed by atoms with Crippen molar-refractivity contribution in [2.24, 2.45) is 0 Å². The van der Waals surface area contributed by atoms with Gasteiger partial charge in [0.2, 0.25) is 0 Å². The van der Waals surface area contributed by atoms with Gasteiger partial charge in [-0.1, -0.05) is 30.3 Å². The summed E-state index contributed by atoms with van der Waals surface area (Å²) in [5.41, 5.74) is 5.68. The number of aromatic nitrogens is 2. The Labute approximate surface area is 172 Å². The molecule has 0 aliphatic carbocycles. The van der Waals surface area contributed by atoms with Crippen LogP contribution in [0.4, 0.5) is 0 Å². The second-order valence-corrected chi connectivity index (χ2v) is 8.02. The molecule has 1 saturated heterocycles. The molecule has 1 aromatic heterocycles. The minimum atomic E-state index is -0.0463. The van der Waals surface area contributed by atoms with Crippen molar-refractivity contribution in [1.29, 1.82) is 0 Å². The number of carbonyl (C=O) groups excluding carboxylic acids is 1. The number of nitrogens with one attached hydrogen (secondary N) is 1. The van der Waals surface area contributed by atoms with Crippen molar-refractivity contribution in [2.75, 3.05) is 20.1 Å². The second kappa shape index (κ2) is 8.21. The van der Waals surface area contributed by atoms with E-state index in [2.05, 4.69) is 43.2 Å². The molecule has 0 unspecified atom stereocenters. The number of aryl methyl sites for hydroxylation is 2. The Hall–Kier alpha value is -2.92. The van der Waals surface area contributed by atoms with Crippen LogP contribution in [0.3, 0.4) is 0 Å². The smallest absolute Gasteiger partial charge is 0.255 e. The van der Waals surface area contributed by atoms with Crippen molar-refractivity contribution in [2.45, 2.75) is 32.7 Å². The van der Waals surface area contributed by atoms with Gasteiger partial charge in [0.05, 0.1) is 11.3 Å². The maximum atomic E-state index is 13.2. The van der Waals surface area contributed by atoms with E-state index in [1.54, 1.807) is 4.68 Å².